The molecule has 1 aromatic carbocycles. The van der Waals surface area contributed by atoms with Crippen LogP contribution in [0.15, 0.2) is 24.3 Å². The van der Waals surface area contributed by atoms with Gasteiger partial charge in [-0.3, -0.25) is 0 Å². The van der Waals surface area contributed by atoms with Crippen LogP contribution in [0.4, 0.5) is 5.95 Å². The minimum absolute atomic E-state index is 0.474. The summed E-state index contributed by atoms with van der Waals surface area (Å²) in [4.78, 5) is 4.53. The van der Waals surface area contributed by atoms with Gasteiger partial charge in [-0.1, -0.05) is 12.1 Å². The number of rotatable bonds is 2. The molecule has 0 amide bonds. The number of hydrogen-bond donors (Lipinski definition) is 2. The normalized spacial score (nSPS) is 29.6. The molecule has 0 spiro atoms. The van der Waals surface area contributed by atoms with E-state index in [-0.39, 0.29) is 0 Å². The number of nitrogens with one attached hydrogen (secondary N) is 2. The van der Waals surface area contributed by atoms with E-state index < -0.39 is 0 Å². The molecule has 2 N–H and O–H groups in total. The van der Waals surface area contributed by atoms with Gasteiger partial charge in [0, 0.05) is 18.1 Å². The highest BCUT2D eigenvalue weighted by molar-refractivity contribution is 5.74. The number of nitrogens with zero attached hydrogens (tertiary/aromatic N) is 3. The van der Waals surface area contributed by atoms with Gasteiger partial charge in [-0.15, -0.1) is 10.2 Å². The fourth-order valence-electron chi connectivity index (χ4n) is 3.30. The quantitative estimate of drug-likeness (QED) is 0.855. The van der Waals surface area contributed by atoms with E-state index in [1.165, 1.54) is 12.8 Å². The van der Waals surface area contributed by atoms with Crippen molar-refractivity contribution in [3.05, 3.63) is 24.3 Å². The molecule has 2 atom stereocenters. The molecule has 5 heteroatoms. The van der Waals surface area contributed by atoms with E-state index in [1.807, 2.05) is 24.3 Å². The van der Waals surface area contributed by atoms with Crippen molar-refractivity contribution in [2.24, 2.45) is 0 Å². The summed E-state index contributed by atoms with van der Waals surface area (Å²) in [5.41, 5.74) is 1.75. The molecular formula is C14H17N5. The van der Waals surface area contributed by atoms with Crippen LogP contribution in [0.25, 0.3) is 11.0 Å². The van der Waals surface area contributed by atoms with Gasteiger partial charge in [-0.05, 0) is 37.8 Å². The molecule has 98 valence electrons. The minimum Gasteiger partial charge on any atom is -0.350 e. The SMILES string of the molecule is c1ccc2nc(NC3CC4CCC(C3)N4)nnc2c1. The van der Waals surface area contributed by atoms with Crippen LogP contribution in [0.1, 0.15) is 25.7 Å². The van der Waals surface area contributed by atoms with E-state index >= 15 is 0 Å². The van der Waals surface area contributed by atoms with Crippen molar-refractivity contribution < 1.29 is 0 Å². The third kappa shape index (κ3) is 2.14. The first-order valence-corrected chi connectivity index (χ1v) is 6.99. The summed E-state index contributed by atoms with van der Waals surface area (Å²) >= 11 is 0. The summed E-state index contributed by atoms with van der Waals surface area (Å²) < 4.78 is 0. The number of anilines is 1. The smallest absolute Gasteiger partial charge is 0.243 e. The fourth-order valence-corrected chi connectivity index (χ4v) is 3.30. The number of hydrogen-bond acceptors (Lipinski definition) is 5. The fraction of sp³-hybridized carbons (Fsp3) is 0.500. The van der Waals surface area contributed by atoms with Crippen molar-refractivity contribution >= 4 is 17.0 Å². The van der Waals surface area contributed by atoms with Crippen LogP contribution in [-0.4, -0.2) is 33.3 Å². The summed E-state index contributed by atoms with van der Waals surface area (Å²) in [6.07, 6.45) is 4.93. The minimum atomic E-state index is 0.474. The Kier molecular flexibility index (Phi) is 2.58. The summed E-state index contributed by atoms with van der Waals surface area (Å²) in [6.45, 7) is 0. The molecule has 19 heavy (non-hydrogen) atoms. The van der Waals surface area contributed by atoms with Crippen molar-refractivity contribution in [1.29, 1.82) is 0 Å². The topological polar surface area (TPSA) is 62.7 Å². The average molecular weight is 255 g/mol. The lowest BCUT2D eigenvalue weighted by Crippen LogP contribution is -2.43. The monoisotopic (exact) mass is 255 g/mol. The van der Waals surface area contributed by atoms with E-state index in [0.29, 0.717) is 24.1 Å². The van der Waals surface area contributed by atoms with Gasteiger partial charge in [-0.2, -0.15) is 0 Å². The van der Waals surface area contributed by atoms with Crippen molar-refractivity contribution in [2.45, 2.75) is 43.8 Å². The van der Waals surface area contributed by atoms with E-state index in [9.17, 15) is 0 Å². The molecule has 2 unspecified atom stereocenters. The highest BCUT2D eigenvalue weighted by Crippen LogP contribution is 2.28. The van der Waals surface area contributed by atoms with Crippen LogP contribution in [-0.2, 0) is 0 Å². The van der Waals surface area contributed by atoms with E-state index in [1.54, 1.807) is 0 Å². The summed E-state index contributed by atoms with van der Waals surface area (Å²) in [5, 5.41) is 15.5. The lowest BCUT2D eigenvalue weighted by atomic mass is 10.0. The highest BCUT2D eigenvalue weighted by atomic mass is 15.2. The lowest BCUT2D eigenvalue weighted by molar-refractivity contribution is 0.377. The number of benzene rings is 1. The first-order valence-electron chi connectivity index (χ1n) is 6.99. The molecule has 2 fully saturated rings. The first-order chi connectivity index (χ1) is 9.37. The summed E-state index contributed by atoms with van der Waals surface area (Å²) in [7, 11) is 0. The average Bonchev–Trinajstić information content (AvgIpc) is 2.78. The molecule has 0 aliphatic carbocycles. The van der Waals surface area contributed by atoms with Crippen LogP contribution < -0.4 is 10.6 Å². The van der Waals surface area contributed by atoms with Crippen LogP contribution in [0.2, 0.25) is 0 Å². The molecule has 1 aromatic heterocycles. The van der Waals surface area contributed by atoms with Gasteiger partial charge in [0.05, 0.1) is 5.52 Å². The van der Waals surface area contributed by atoms with Crippen molar-refractivity contribution in [1.82, 2.24) is 20.5 Å². The third-order valence-electron chi connectivity index (χ3n) is 4.17. The molecule has 2 bridgehead atoms. The maximum absolute atomic E-state index is 4.53. The van der Waals surface area contributed by atoms with Crippen LogP contribution in [0, 0.1) is 0 Å². The molecule has 0 saturated carbocycles. The predicted molar refractivity (Wildman–Crippen MR) is 73.9 cm³/mol. The van der Waals surface area contributed by atoms with Crippen molar-refractivity contribution in [3.63, 3.8) is 0 Å². The molecular weight excluding hydrogens is 238 g/mol. The van der Waals surface area contributed by atoms with Crippen LogP contribution in [0.5, 0.6) is 0 Å². The van der Waals surface area contributed by atoms with Crippen LogP contribution >= 0.6 is 0 Å². The number of fused-ring (bicyclic) bond motifs is 3. The Bertz CT molecular complexity index is 587. The van der Waals surface area contributed by atoms with E-state index in [0.717, 1.165) is 23.9 Å². The summed E-state index contributed by atoms with van der Waals surface area (Å²) in [5.74, 6) is 0.657. The highest BCUT2D eigenvalue weighted by Gasteiger charge is 2.33. The molecule has 0 radical (unpaired) electrons. The van der Waals surface area contributed by atoms with Gasteiger partial charge >= 0.3 is 0 Å². The molecule has 3 heterocycles. The van der Waals surface area contributed by atoms with Gasteiger partial charge in [0.25, 0.3) is 0 Å². The van der Waals surface area contributed by atoms with Crippen molar-refractivity contribution in [2.75, 3.05) is 5.32 Å². The second-order valence-electron chi connectivity index (χ2n) is 5.57. The van der Waals surface area contributed by atoms with E-state index in [4.69, 9.17) is 0 Å². The standard InChI is InChI=1S/C14H17N5/c1-2-4-13-12(3-1)17-14(19-18-13)16-11-7-9-5-6-10(8-11)15-9/h1-4,9-11,15H,5-8H2,(H,16,17,19). The Morgan fingerprint density at radius 3 is 2.53 bits per heavy atom. The molecule has 2 saturated heterocycles. The predicted octanol–water partition coefficient (Wildman–Crippen LogP) is 1.72. The van der Waals surface area contributed by atoms with Gasteiger partial charge < -0.3 is 10.6 Å². The molecule has 2 aliphatic rings. The van der Waals surface area contributed by atoms with E-state index in [2.05, 4.69) is 25.8 Å². The largest absolute Gasteiger partial charge is 0.350 e. The van der Waals surface area contributed by atoms with Gasteiger partial charge in [0.2, 0.25) is 5.95 Å². The third-order valence-corrected chi connectivity index (χ3v) is 4.17. The molecule has 2 aliphatic heterocycles. The Morgan fingerprint density at radius 1 is 1.00 bits per heavy atom. The number of aromatic nitrogens is 3. The number of piperidine rings is 1. The van der Waals surface area contributed by atoms with Gasteiger partial charge in [0.15, 0.2) is 0 Å². The Balaban J connectivity index is 1.54. The van der Waals surface area contributed by atoms with Crippen LogP contribution in [0.3, 0.4) is 0 Å². The Labute approximate surface area is 111 Å². The Morgan fingerprint density at radius 2 is 1.74 bits per heavy atom. The first kappa shape index (κ1) is 11.1. The zero-order valence-corrected chi connectivity index (χ0v) is 10.7. The number of para-hydroxylation sites is 1. The second kappa shape index (κ2) is 4.42. The zero-order chi connectivity index (χ0) is 12.7. The molecule has 2 aromatic rings. The Hall–Kier alpha value is -1.75. The maximum Gasteiger partial charge on any atom is 0.243 e. The van der Waals surface area contributed by atoms with Gasteiger partial charge in [0.1, 0.15) is 5.52 Å². The molecule has 5 nitrogen and oxygen atoms in total. The van der Waals surface area contributed by atoms with Crippen molar-refractivity contribution in [3.8, 4) is 0 Å². The second-order valence-corrected chi connectivity index (χ2v) is 5.57. The zero-order valence-electron chi connectivity index (χ0n) is 10.7. The maximum atomic E-state index is 4.53. The van der Waals surface area contributed by atoms with Gasteiger partial charge in [-0.25, -0.2) is 4.98 Å². The lowest BCUT2D eigenvalue weighted by Gasteiger charge is -2.29. The summed E-state index contributed by atoms with van der Waals surface area (Å²) in [6, 6.07) is 9.66. The molecule has 4 rings (SSSR count).